The summed E-state index contributed by atoms with van der Waals surface area (Å²) < 4.78 is 55.3. The number of imide groups is 1. The SMILES string of the molecule is O=C1CCC(N2Cc3cc(N4CCN(CCCCCOc5ccc([C@@H]6c7ccc(O)cc7OC[C@@H]6c6ccc(F)c(F)c6)cc5F)CC4)ccc3C2=O)C(=O)N1. The Morgan fingerprint density at radius 1 is 0.821 bits per heavy atom. The Labute approximate surface area is 322 Å². The van der Waals surface area contributed by atoms with Crippen LogP contribution in [0, 0.1) is 17.5 Å². The number of hydrogen-bond donors (Lipinski definition) is 2. The third-order valence-electron chi connectivity index (χ3n) is 11.5. The lowest BCUT2D eigenvalue weighted by atomic mass is 9.76. The van der Waals surface area contributed by atoms with Gasteiger partial charge in [0.1, 0.15) is 17.5 Å². The first kappa shape index (κ1) is 37.4. The summed E-state index contributed by atoms with van der Waals surface area (Å²) in [5.41, 5.74) is 4.43. The summed E-state index contributed by atoms with van der Waals surface area (Å²) in [6.45, 7) is 5.31. The van der Waals surface area contributed by atoms with Crippen molar-refractivity contribution in [1.29, 1.82) is 0 Å². The van der Waals surface area contributed by atoms with E-state index in [0.717, 1.165) is 75.4 Å². The minimum atomic E-state index is -0.967. The van der Waals surface area contributed by atoms with Crippen molar-refractivity contribution < 1.29 is 42.1 Å². The number of piperidine rings is 1. The number of amides is 3. The molecule has 10 nitrogen and oxygen atoms in total. The fourth-order valence-electron chi connectivity index (χ4n) is 8.45. The van der Waals surface area contributed by atoms with Gasteiger partial charge in [-0.25, -0.2) is 13.2 Å². The third kappa shape index (κ3) is 7.64. The van der Waals surface area contributed by atoms with Gasteiger partial charge in [-0.2, -0.15) is 0 Å². The number of rotatable bonds is 11. The van der Waals surface area contributed by atoms with Crippen molar-refractivity contribution >= 4 is 23.4 Å². The predicted octanol–water partition coefficient (Wildman–Crippen LogP) is 6.25. The van der Waals surface area contributed by atoms with E-state index in [4.69, 9.17) is 9.47 Å². The molecule has 1 unspecified atom stereocenters. The standard InChI is InChI=1S/C43H43F3N4O6/c44-34-10-4-26(21-35(34)45)33-25-56-39-23-30(51)7-9-32(39)41(33)27-5-12-38(36(46)22-27)55-19-3-1-2-14-48-15-17-49(18-16-48)29-6-8-31-28(20-29)24-50(43(31)54)37-11-13-40(52)47-42(37)53/h4-10,12,20-23,33,37,41,51H,1-3,11,13-19,24-25H2,(H,47,52,53)/t33-,37?,41-/m1/s1. The van der Waals surface area contributed by atoms with Crippen molar-refractivity contribution in [3.63, 3.8) is 0 Å². The lowest BCUT2D eigenvalue weighted by Crippen LogP contribution is -2.52. The molecule has 4 aliphatic rings. The average molecular weight is 769 g/mol. The number of halogens is 3. The highest BCUT2D eigenvalue weighted by Gasteiger charge is 2.39. The Hall–Kier alpha value is -5.56. The zero-order chi connectivity index (χ0) is 38.9. The van der Waals surface area contributed by atoms with Gasteiger partial charge in [-0.05, 0) is 97.4 Å². The molecule has 0 spiro atoms. The van der Waals surface area contributed by atoms with Crippen LogP contribution in [0.2, 0.25) is 0 Å². The van der Waals surface area contributed by atoms with Gasteiger partial charge in [0.15, 0.2) is 23.2 Å². The number of aromatic hydroxyl groups is 1. The van der Waals surface area contributed by atoms with E-state index in [1.165, 1.54) is 24.3 Å². The summed E-state index contributed by atoms with van der Waals surface area (Å²) in [5, 5.41) is 12.4. The number of ether oxygens (including phenoxy) is 2. The second-order valence-corrected chi connectivity index (χ2v) is 15.0. The smallest absolute Gasteiger partial charge is 0.255 e. The topological polar surface area (TPSA) is 112 Å². The second kappa shape index (κ2) is 15.9. The molecule has 0 aliphatic carbocycles. The molecule has 4 heterocycles. The Morgan fingerprint density at radius 2 is 1.62 bits per heavy atom. The molecule has 0 aromatic heterocycles. The van der Waals surface area contributed by atoms with Crippen molar-refractivity contribution in [2.45, 2.75) is 56.5 Å². The number of fused-ring (bicyclic) bond motifs is 2. The van der Waals surface area contributed by atoms with Crippen LogP contribution in [0.1, 0.15) is 76.6 Å². The van der Waals surface area contributed by atoms with Gasteiger partial charge < -0.3 is 24.4 Å². The molecule has 2 N–H and O–H groups in total. The molecule has 0 saturated carbocycles. The van der Waals surface area contributed by atoms with Gasteiger partial charge in [0.05, 0.1) is 13.2 Å². The Kier molecular flexibility index (Phi) is 10.6. The van der Waals surface area contributed by atoms with Crippen LogP contribution in [0.15, 0.2) is 72.8 Å². The number of phenols is 1. The van der Waals surface area contributed by atoms with Gasteiger partial charge in [-0.15, -0.1) is 0 Å². The summed E-state index contributed by atoms with van der Waals surface area (Å²) >= 11 is 0. The van der Waals surface area contributed by atoms with Gasteiger partial charge in [-0.1, -0.05) is 18.2 Å². The first-order valence-electron chi connectivity index (χ1n) is 19.2. The van der Waals surface area contributed by atoms with E-state index in [1.807, 2.05) is 12.1 Å². The van der Waals surface area contributed by atoms with Crippen LogP contribution in [0.3, 0.4) is 0 Å². The molecule has 4 aromatic carbocycles. The maximum Gasteiger partial charge on any atom is 0.255 e. The van der Waals surface area contributed by atoms with Crippen molar-refractivity contribution in [1.82, 2.24) is 15.1 Å². The molecule has 4 aromatic rings. The molecule has 0 bridgehead atoms. The average Bonchev–Trinajstić information content (AvgIpc) is 3.52. The van der Waals surface area contributed by atoms with Crippen molar-refractivity contribution in [2.75, 3.05) is 50.8 Å². The molecule has 56 heavy (non-hydrogen) atoms. The number of anilines is 1. The number of phenolic OH excluding ortho intramolecular Hbond substituents is 1. The van der Waals surface area contributed by atoms with Crippen molar-refractivity contribution in [3.05, 3.63) is 118 Å². The molecule has 8 rings (SSSR count). The Morgan fingerprint density at radius 3 is 2.41 bits per heavy atom. The largest absolute Gasteiger partial charge is 0.508 e. The minimum Gasteiger partial charge on any atom is -0.508 e. The van der Waals surface area contributed by atoms with Gasteiger partial charge in [0, 0.05) is 73.9 Å². The van der Waals surface area contributed by atoms with Gasteiger partial charge in [-0.3, -0.25) is 24.6 Å². The molecule has 292 valence electrons. The fourth-order valence-corrected chi connectivity index (χ4v) is 8.45. The van der Waals surface area contributed by atoms with Crippen LogP contribution >= 0.6 is 0 Å². The van der Waals surface area contributed by atoms with Crippen LogP contribution in [0.4, 0.5) is 18.9 Å². The Balaban J connectivity index is 0.799. The van der Waals surface area contributed by atoms with Gasteiger partial charge >= 0.3 is 0 Å². The molecule has 2 fully saturated rings. The highest BCUT2D eigenvalue weighted by molar-refractivity contribution is 6.05. The highest BCUT2D eigenvalue weighted by Crippen LogP contribution is 2.47. The van der Waals surface area contributed by atoms with E-state index in [1.54, 1.807) is 23.1 Å². The third-order valence-corrected chi connectivity index (χ3v) is 11.5. The van der Waals surface area contributed by atoms with E-state index in [9.17, 15) is 28.3 Å². The first-order chi connectivity index (χ1) is 27.1. The maximum atomic E-state index is 15.5. The van der Waals surface area contributed by atoms with E-state index in [2.05, 4.69) is 21.2 Å². The first-order valence-corrected chi connectivity index (χ1v) is 19.2. The predicted molar refractivity (Wildman–Crippen MR) is 201 cm³/mol. The minimum absolute atomic E-state index is 0.0290. The monoisotopic (exact) mass is 768 g/mol. The molecular formula is C43H43F3N4O6. The number of carbonyl (C=O) groups is 3. The van der Waals surface area contributed by atoms with E-state index in [-0.39, 0.29) is 36.3 Å². The lowest BCUT2D eigenvalue weighted by molar-refractivity contribution is -0.136. The molecule has 4 aliphatic heterocycles. The zero-order valence-corrected chi connectivity index (χ0v) is 30.8. The summed E-state index contributed by atoms with van der Waals surface area (Å²) in [5.74, 6) is -3.55. The molecular weight excluding hydrogens is 725 g/mol. The van der Waals surface area contributed by atoms with Crippen molar-refractivity contribution in [3.8, 4) is 17.2 Å². The molecule has 3 atom stereocenters. The molecule has 2 saturated heterocycles. The van der Waals surface area contributed by atoms with Crippen molar-refractivity contribution in [2.24, 2.45) is 0 Å². The van der Waals surface area contributed by atoms with Gasteiger partial charge in [0.25, 0.3) is 5.91 Å². The lowest BCUT2D eigenvalue weighted by Gasteiger charge is -2.36. The quantitative estimate of drug-likeness (QED) is 0.136. The number of nitrogens with one attached hydrogen (secondary N) is 1. The number of piperazine rings is 1. The van der Waals surface area contributed by atoms with E-state index < -0.39 is 41.2 Å². The summed E-state index contributed by atoms with van der Waals surface area (Å²) in [7, 11) is 0. The second-order valence-electron chi connectivity index (χ2n) is 15.0. The zero-order valence-electron chi connectivity index (χ0n) is 30.8. The van der Waals surface area contributed by atoms with E-state index >= 15 is 4.39 Å². The van der Waals surface area contributed by atoms with Crippen LogP contribution in [0.25, 0.3) is 0 Å². The molecule has 13 heteroatoms. The summed E-state index contributed by atoms with van der Waals surface area (Å²) in [6.07, 6.45) is 3.23. The normalized spacial score (nSPS) is 21.1. The highest BCUT2D eigenvalue weighted by atomic mass is 19.2. The number of carbonyl (C=O) groups excluding carboxylic acids is 3. The van der Waals surface area contributed by atoms with Gasteiger partial charge in [0.2, 0.25) is 11.8 Å². The van der Waals surface area contributed by atoms with E-state index in [0.29, 0.717) is 47.6 Å². The maximum absolute atomic E-state index is 15.5. The van der Waals surface area contributed by atoms with Crippen LogP contribution in [-0.2, 0) is 16.1 Å². The van der Waals surface area contributed by atoms with Crippen LogP contribution < -0.4 is 19.7 Å². The molecule has 3 amide bonds. The molecule has 0 radical (unpaired) electrons. The van der Waals surface area contributed by atoms with Crippen LogP contribution in [0.5, 0.6) is 17.2 Å². The van der Waals surface area contributed by atoms with Crippen LogP contribution in [-0.4, -0.2) is 84.6 Å². The fraction of sp³-hybridized carbons (Fsp3) is 0.372. The Bertz CT molecular complexity index is 2160. The number of unbranched alkanes of at least 4 members (excludes halogenated alkanes) is 2. The number of nitrogens with zero attached hydrogens (tertiary/aromatic N) is 3. The number of hydrogen-bond acceptors (Lipinski definition) is 8. The summed E-state index contributed by atoms with van der Waals surface area (Å²) in [4.78, 5) is 43.4. The number of benzene rings is 4. The summed E-state index contributed by atoms with van der Waals surface area (Å²) in [6, 6.07) is 18.5.